The van der Waals surface area contributed by atoms with E-state index < -0.39 is 0 Å². The Kier molecular flexibility index (Phi) is 4.35. The molecule has 0 fully saturated rings. The van der Waals surface area contributed by atoms with Crippen LogP contribution in [0.4, 0.5) is 11.4 Å². The smallest absolute Gasteiger partial charge is 0.142 e. The molecule has 0 heterocycles. The predicted octanol–water partition coefficient (Wildman–Crippen LogP) is 3.76. The van der Waals surface area contributed by atoms with Gasteiger partial charge in [0.2, 0.25) is 0 Å². The summed E-state index contributed by atoms with van der Waals surface area (Å²) in [5, 5.41) is 3.36. The van der Waals surface area contributed by atoms with Crippen LogP contribution < -0.4 is 19.5 Å². The number of methoxy groups -OCH3 is 3. The first-order valence-corrected chi connectivity index (χ1v) is 6.31. The maximum atomic E-state index is 5.36. The second-order valence-corrected chi connectivity index (χ2v) is 4.37. The van der Waals surface area contributed by atoms with Crippen molar-refractivity contribution in [3.63, 3.8) is 0 Å². The minimum Gasteiger partial charge on any atom is -0.497 e. The zero-order valence-electron chi connectivity index (χ0n) is 12.2. The third-order valence-electron chi connectivity index (χ3n) is 3.11. The zero-order valence-corrected chi connectivity index (χ0v) is 12.2. The molecule has 0 saturated heterocycles. The highest BCUT2D eigenvalue weighted by Crippen LogP contribution is 2.33. The highest BCUT2D eigenvalue weighted by atomic mass is 16.5. The molecule has 2 aromatic rings. The monoisotopic (exact) mass is 273 g/mol. The quantitative estimate of drug-likeness (QED) is 0.900. The van der Waals surface area contributed by atoms with Gasteiger partial charge in [0.1, 0.15) is 17.2 Å². The second kappa shape index (κ2) is 6.19. The Morgan fingerprint density at radius 1 is 0.750 bits per heavy atom. The molecule has 0 aliphatic heterocycles. The van der Waals surface area contributed by atoms with Gasteiger partial charge in [-0.25, -0.2) is 0 Å². The predicted molar refractivity (Wildman–Crippen MR) is 80.6 cm³/mol. The van der Waals surface area contributed by atoms with E-state index in [2.05, 4.69) is 5.32 Å². The lowest BCUT2D eigenvalue weighted by atomic mass is 10.1. The number of aryl methyl sites for hydroxylation is 1. The fraction of sp³-hybridized carbons (Fsp3) is 0.250. The van der Waals surface area contributed by atoms with E-state index in [0.29, 0.717) is 0 Å². The highest BCUT2D eigenvalue weighted by Gasteiger charge is 2.07. The van der Waals surface area contributed by atoms with E-state index in [1.54, 1.807) is 21.3 Å². The van der Waals surface area contributed by atoms with Crippen LogP contribution in [0, 0.1) is 6.92 Å². The number of rotatable bonds is 5. The molecule has 106 valence electrons. The summed E-state index contributed by atoms with van der Waals surface area (Å²) >= 11 is 0. The summed E-state index contributed by atoms with van der Waals surface area (Å²) < 4.78 is 15.8. The van der Waals surface area contributed by atoms with E-state index in [1.807, 2.05) is 43.3 Å². The molecule has 4 heteroatoms. The van der Waals surface area contributed by atoms with Gasteiger partial charge in [-0.05, 0) is 42.8 Å². The van der Waals surface area contributed by atoms with Crippen molar-refractivity contribution in [1.29, 1.82) is 0 Å². The Morgan fingerprint density at radius 2 is 1.40 bits per heavy atom. The van der Waals surface area contributed by atoms with Crippen molar-refractivity contribution in [2.24, 2.45) is 0 Å². The summed E-state index contributed by atoms with van der Waals surface area (Å²) in [6.07, 6.45) is 0. The first-order chi connectivity index (χ1) is 9.67. The van der Waals surface area contributed by atoms with E-state index in [4.69, 9.17) is 14.2 Å². The van der Waals surface area contributed by atoms with Crippen molar-refractivity contribution in [3.8, 4) is 17.2 Å². The third-order valence-corrected chi connectivity index (χ3v) is 3.11. The van der Waals surface area contributed by atoms with Gasteiger partial charge in [-0.3, -0.25) is 0 Å². The fourth-order valence-corrected chi connectivity index (χ4v) is 1.96. The Morgan fingerprint density at radius 3 is 2.00 bits per heavy atom. The van der Waals surface area contributed by atoms with Crippen molar-refractivity contribution in [2.45, 2.75) is 6.92 Å². The number of hydrogen-bond acceptors (Lipinski definition) is 4. The maximum Gasteiger partial charge on any atom is 0.142 e. The molecule has 0 unspecified atom stereocenters. The summed E-state index contributed by atoms with van der Waals surface area (Å²) in [6, 6.07) is 11.5. The van der Waals surface area contributed by atoms with Crippen LogP contribution in [0.1, 0.15) is 5.56 Å². The van der Waals surface area contributed by atoms with E-state index in [0.717, 1.165) is 34.2 Å². The third kappa shape index (κ3) is 2.96. The lowest BCUT2D eigenvalue weighted by Gasteiger charge is -2.15. The molecule has 0 amide bonds. The summed E-state index contributed by atoms with van der Waals surface area (Å²) in [5.41, 5.74) is 2.95. The first kappa shape index (κ1) is 14.1. The topological polar surface area (TPSA) is 39.7 Å². The van der Waals surface area contributed by atoms with Crippen LogP contribution >= 0.6 is 0 Å². The Bertz CT molecular complexity index is 596. The molecule has 0 radical (unpaired) electrons. The number of anilines is 2. The van der Waals surface area contributed by atoms with Crippen molar-refractivity contribution in [2.75, 3.05) is 26.6 Å². The minimum atomic E-state index is 0.765. The van der Waals surface area contributed by atoms with Crippen LogP contribution in [0.3, 0.4) is 0 Å². The molecular weight excluding hydrogens is 254 g/mol. The van der Waals surface area contributed by atoms with Gasteiger partial charge in [0, 0.05) is 11.8 Å². The average Bonchev–Trinajstić information content (AvgIpc) is 2.49. The van der Waals surface area contributed by atoms with E-state index in [-0.39, 0.29) is 0 Å². The molecule has 0 spiro atoms. The molecule has 2 rings (SSSR count). The Hall–Kier alpha value is -2.36. The molecule has 1 N–H and O–H groups in total. The standard InChI is InChI=1S/C16H19NO3/c1-11-9-12(18-2)5-7-14(11)17-15-10-13(19-3)6-8-16(15)20-4/h5-10,17H,1-4H3. The number of ether oxygens (including phenoxy) is 3. The number of hydrogen-bond donors (Lipinski definition) is 1. The molecule has 0 aliphatic carbocycles. The summed E-state index contributed by atoms with van der Waals surface area (Å²) in [5.74, 6) is 2.38. The lowest BCUT2D eigenvalue weighted by Crippen LogP contribution is -1.97. The van der Waals surface area contributed by atoms with Crippen LogP contribution in [0.15, 0.2) is 36.4 Å². The molecule has 0 bridgehead atoms. The van der Waals surface area contributed by atoms with Gasteiger partial charge >= 0.3 is 0 Å². The Balaban J connectivity index is 2.33. The maximum absolute atomic E-state index is 5.36. The molecule has 0 atom stereocenters. The van der Waals surface area contributed by atoms with Gasteiger partial charge in [-0.1, -0.05) is 0 Å². The van der Waals surface area contributed by atoms with Crippen LogP contribution in [0.5, 0.6) is 17.2 Å². The fourth-order valence-electron chi connectivity index (χ4n) is 1.96. The van der Waals surface area contributed by atoms with Gasteiger partial charge in [0.15, 0.2) is 0 Å². The number of benzene rings is 2. The molecule has 4 nitrogen and oxygen atoms in total. The van der Waals surface area contributed by atoms with Crippen LogP contribution in [0.25, 0.3) is 0 Å². The normalized spacial score (nSPS) is 10.0. The van der Waals surface area contributed by atoms with Gasteiger partial charge in [-0.2, -0.15) is 0 Å². The molecular formula is C16H19NO3. The highest BCUT2D eigenvalue weighted by molar-refractivity contribution is 5.70. The SMILES string of the molecule is COc1ccc(Nc2cc(OC)ccc2OC)c(C)c1. The van der Waals surface area contributed by atoms with E-state index >= 15 is 0 Å². The van der Waals surface area contributed by atoms with Gasteiger partial charge in [0.05, 0.1) is 27.0 Å². The lowest BCUT2D eigenvalue weighted by molar-refractivity contribution is 0.405. The van der Waals surface area contributed by atoms with Crippen molar-refractivity contribution < 1.29 is 14.2 Å². The summed E-state index contributed by atoms with van der Waals surface area (Å²) in [7, 11) is 4.95. The molecule has 0 saturated carbocycles. The van der Waals surface area contributed by atoms with E-state index in [1.165, 1.54) is 0 Å². The zero-order chi connectivity index (χ0) is 14.5. The molecule has 20 heavy (non-hydrogen) atoms. The number of nitrogens with one attached hydrogen (secondary N) is 1. The molecule has 0 aromatic heterocycles. The van der Waals surface area contributed by atoms with E-state index in [9.17, 15) is 0 Å². The Labute approximate surface area is 119 Å². The summed E-state index contributed by atoms with van der Waals surface area (Å²) in [4.78, 5) is 0. The minimum absolute atomic E-state index is 0.765. The largest absolute Gasteiger partial charge is 0.497 e. The van der Waals surface area contributed by atoms with Crippen LogP contribution in [0.2, 0.25) is 0 Å². The van der Waals surface area contributed by atoms with Crippen LogP contribution in [-0.2, 0) is 0 Å². The van der Waals surface area contributed by atoms with Crippen LogP contribution in [-0.4, -0.2) is 21.3 Å². The molecule has 0 aliphatic rings. The van der Waals surface area contributed by atoms with Gasteiger partial charge < -0.3 is 19.5 Å². The molecule has 2 aromatic carbocycles. The van der Waals surface area contributed by atoms with Crippen molar-refractivity contribution >= 4 is 11.4 Å². The summed E-state index contributed by atoms with van der Waals surface area (Å²) in [6.45, 7) is 2.03. The van der Waals surface area contributed by atoms with Gasteiger partial charge in [0.25, 0.3) is 0 Å². The average molecular weight is 273 g/mol. The van der Waals surface area contributed by atoms with Crippen molar-refractivity contribution in [1.82, 2.24) is 0 Å². The second-order valence-electron chi connectivity index (χ2n) is 4.37. The first-order valence-electron chi connectivity index (χ1n) is 6.31. The van der Waals surface area contributed by atoms with Gasteiger partial charge in [-0.15, -0.1) is 0 Å². The van der Waals surface area contributed by atoms with Crippen molar-refractivity contribution in [3.05, 3.63) is 42.0 Å².